The van der Waals surface area contributed by atoms with E-state index in [0.29, 0.717) is 12.3 Å². The molecule has 1 aliphatic carbocycles. The molecule has 2 heterocycles. The van der Waals surface area contributed by atoms with Gasteiger partial charge in [0.1, 0.15) is 0 Å². The minimum absolute atomic E-state index is 0.00336. The van der Waals surface area contributed by atoms with Gasteiger partial charge in [0.05, 0.1) is 19.1 Å². The summed E-state index contributed by atoms with van der Waals surface area (Å²) in [4.78, 5) is 26.2. The molecule has 0 bridgehead atoms. The summed E-state index contributed by atoms with van der Waals surface area (Å²) in [5.41, 5.74) is 0. The Bertz CT molecular complexity index is 387. The average Bonchev–Trinajstić information content (AvgIpc) is 2.81. The number of ether oxygens (including phenoxy) is 1. The van der Waals surface area contributed by atoms with Crippen LogP contribution in [-0.4, -0.2) is 48.6 Å². The largest absolute Gasteiger partial charge is 0.381 e. The Kier molecular flexibility index (Phi) is 4.91. The molecule has 5 heteroatoms. The first-order chi connectivity index (χ1) is 10.3. The van der Waals surface area contributed by atoms with Gasteiger partial charge >= 0.3 is 0 Å². The maximum Gasteiger partial charge on any atom is 0.247 e. The number of nitrogens with one attached hydrogen (secondary N) is 1. The summed E-state index contributed by atoms with van der Waals surface area (Å²) in [5.74, 6) is 0.498. The minimum Gasteiger partial charge on any atom is -0.381 e. The molecule has 2 saturated heterocycles. The molecule has 1 saturated carbocycles. The number of imide groups is 1. The second-order valence-electron chi connectivity index (χ2n) is 6.64. The molecule has 3 fully saturated rings. The maximum atomic E-state index is 12.5. The van der Waals surface area contributed by atoms with E-state index in [1.807, 2.05) is 0 Å². The molecule has 2 unspecified atom stereocenters. The maximum absolute atomic E-state index is 12.5. The first kappa shape index (κ1) is 15.0. The molecule has 118 valence electrons. The molecule has 1 N–H and O–H groups in total. The van der Waals surface area contributed by atoms with Crippen LogP contribution in [-0.2, 0) is 14.3 Å². The van der Waals surface area contributed by atoms with Crippen LogP contribution in [0.4, 0.5) is 0 Å². The van der Waals surface area contributed by atoms with E-state index in [0.717, 1.165) is 58.3 Å². The van der Waals surface area contributed by atoms with Gasteiger partial charge in [0.2, 0.25) is 11.8 Å². The number of hydrogen-bond acceptors (Lipinski definition) is 4. The molecule has 5 nitrogen and oxygen atoms in total. The van der Waals surface area contributed by atoms with E-state index in [4.69, 9.17) is 4.74 Å². The molecule has 0 aromatic carbocycles. The van der Waals surface area contributed by atoms with Gasteiger partial charge in [-0.2, -0.15) is 0 Å². The minimum atomic E-state index is -0.304. The summed E-state index contributed by atoms with van der Waals surface area (Å²) in [7, 11) is 0. The van der Waals surface area contributed by atoms with Gasteiger partial charge in [0.25, 0.3) is 0 Å². The topological polar surface area (TPSA) is 58.6 Å². The van der Waals surface area contributed by atoms with E-state index < -0.39 is 0 Å². The lowest BCUT2D eigenvalue weighted by atomic mass is 9.94. The van der Waals surface area contributed by atoms with Gasteiger partial charge in [-0.1, -0.05) is 19.3 Å². The molecule has 0 aromatic heterocycles. The fourth-order valence-corrected chi connectivity index (χ4v) is 3.81. The Balaban J connectivity index is 1.52. The number of nitrogens with zero attached hydrogens (tertiary/aromatic N) is 1. The second-order valence-corrected chi connectivity index (χ2v) is 6.64. The van der Waals surface area contributed by atoms with E-state index >= 15 is 0 Å². The Hall–Kier alpha value is -0.940. The highest BCUT2D eigenvalue weighted by Crippen LogP contribution is 2.27. The molecule has 3 aliphatic rings. The summed E-state index contributed by atoms with van der Waals surface area (Å²) < 4.78 is 5.46. The van der Waals surface area contributed by atoms with Crippen LogP contribution >= 0.6 is 0 Å². The van der Waals surface area contributed by atoms with Gasteiger partial charge in [0.15, 0.2) is 0 Å². The highest BCUT2D eigenvalue weighted by molar-refractivity contribution is 6.05. The van der Waals surface area contributed by atoms with E-state index in [1.54, 1.807) is 4.90 Å². The zero-order valence-electron chi connectivity index (χ0n) is 12.7. The van der Waals surface area contributed by atoms with Crippen molar-refractivity contribution in [1.82, 2.24) is 10.2 Å². The monoisotopic (exact) mass is 294 g/mol. The second kappa shape index (κ2) is 6.88. The molecule has 2 amide bonds. The molecule has 2 atom stereocenters. The van der Waals surface area contributed by atoms with Crippen molar-refractivity contribution in [2.24, 2.45) is 5.92 Å². The number of hydrogen-bond donors (Lipinski definition) is 1. The lowest BCUT2D eigenvalue weighted by Gasteiger charge is -2.30. The van der Waals surface area contributed by atoms with E-state index in [9.17, 15) is 9.59 Å². The molecule has 0 radical (unpaired) electrons. The number of amides is 2. The van der Waals surface area contributed by atoms with Gasteiger partial charge < -0.3 is 10.1 Å². The van der Waals surface area contributed by atoms with Crippen LogP contribution < -0.4 is 5.32 Å². The van der Waals surface area contributed by atoms with Crippen molar-refractivity contribution in [2.45, 2.75) is 63.5 Å². The van der Waals surface area contributed by atoms with Gasteiger partial charge in [-0.25, -0.2) is 0 Å². The Morgan fingerprint density at radius 3 is 2.62 bits per heavy atom. The van der Waals surface area contributed by atoms with Gasteiger partial charge in [-0.05, 0) is 31.6 Å². The molecule has 0 aromatic rings. The average molecular weight is 294 g/mol. The molecular weight excluding hydrogens is 268 g/mol. The molecular formula is C16H26N2O3. The quantitative estimate of drug-likeness (QED) is 0.798. The predicted molar refractivity (Wildman–Crippen MR) is 78.7 cm³/mol. The van der Waals surface area contributed by atoms with Crippen molar-refractivity contribution in [3.63, 3.8) is 0 Å². The van der Waals surface area contributed by atoms with Crippen molar-refractivity contribution in [2.75, 3.05) is 19.8 Å². The van der Waals surface area contributed by atoms with E-state index in [1.165, 1.54) is 6.42 Å². The van der Waals surface area contributed by atoms with Crippen molar-refractivity contribution >= 4 is 11.8 Å². The number of carbonyl (C=O) groups excluding carboxylic acids is 2. The zero-order chi connectivity index (χ0) is 14.7. The first-order valence-electron chi connectivity index (χ1n) is 8.42. The van der Waals surface area contributed by atoms with Crippen LogP contribution in [0.15, 0.2) is 0 Å². The van der Waals surface area contributed by atoms with Crippen molar-refractivity contribution in [3.05, 3.63) is 0 Å². The summed E-state index contributed by atoms with van der Waals surface area (Å²) in [6.07, 6.45) is 8.06. The van der Waals surface area contributed by atoms with Crippen molar-refractivity contribution in [3.8, 4) is 0 Å². The van der Waals surface area contributed by atoms with Crippen molar-refractivity contribution in [1.29, 1.82) is 0 Å². The summed E-state index contributed by atoms with van der Waals surface area (Å²) >= 11 is 0. The van der Waals surface area contributed by atoms with E-state index in [2.05, 4.69) is 5.32 Å². The molecule has 2 aliphatic heterocycles. The third-order valence-electron chi connectivity index (χ3n) is 5.03. The Morgan fingerprint density at radius 1 is 1.10 bits per heavy atom. The Morgan fingerprint density at radius 2 is 1.90 bits per heavy atom. The van der Waals surface area contributed by atoms with Crippen LogP contribution in [0.5, 0.6) is 0 Å². The normalized spacial score (nSPS) is 31.9. The number of carbonyl (C=O) groups is 2. The van der Waals surface area contributed by atoms with Gasteiger partial charge in [-0.3, -0.25) is 14.5 Å². The number of likely N-dealkylation sites (tertiary alicyclic amines) is 1. The molecule has 21 heavy (non-hydrogen) atoms. The summed E-state index contributed by atoms with van der Waals surface area (Å²) in [6.45, 7) is 2.41. The van der Waals surface area contributed by atoms with Crippen LogP contribution in [0.2, 0.25) is 0 Å². The predicted octanol–water partition coefficient (Wildman–Crippen LogP) is 1.46. The molecule has 0 spiro atoms. The van der Waals surface area contributed by atoms with Gasteiger partial charge in [0, 0.05) is 19.2 Å². The van der Waals surface area contributed by atoms with Crippen molar-refractivity contribution < 1.29 is 14.3 Å². The fourth-order valence-electron chi connectivity index (χ4n) is 3.81. The Labute approximate surface area is 126 Å². The van der Waals surface area contributed by atoms with Crippen LogP contribution in [0.25, 0.3) is 0 Å². The van der Waals surface area contributed by atoms with Crippen LogP contribution in [0, 0.1) is 5.92 Å². The first-order valence-corrected chi connectivity index (χ1v) is 8.42. The zero-order valence-corrected chi connectivity index (χ0v) is 12.7. The smallest absolute Gasteiger partial charge is 0.247 e. The third kappa shape index (κ3) is 3.46. The third-order valence-corrected chi connectivity index (χ3v) is 5.03. The highest BCUT2D eigenvalue weighted by atomic mass is 16.5. The lowest BCUT2D eigenvalue weighted by Crippen LogP contribution is -2.45. The van der Waals surface area contributed by atoms with Crippen LogP contribution in [0.1, 0.15) is 51.4 Å². The molecule has 3 rings (SSSR count). The standard InChI is InChI=1S/C16H26N2O3/c19-15-9-14(17-10-12-5-4-8-21-11-12)16(20)18(15)13-6-2-1-3-7-13/h12-14,17H,1-11H2. The summed E-state index contributed by atoms with van der Waals surface area (Å²) in [5, 5.41) is 3.31. The van der Waals surface area contributed by atoms with E-state index in [-0.39, 0.29) is 23.9 Å². The highest BCUT2D eigenvalue weighted by Gasteiger charge is 2.42. The fraction of sp³-hybridized carbons (Fsp3) is 0.875. The van der Waals surface area contributed by atoms with Gasteiger partial charge in [-0.15, -0.1) is 0 Å². The summed E-state index contributed by atoms with van der Waals surface area (Å²) in [6, 6.07) is -0.148. The number of rotatable bonds is 4. The lowest BCUT2D eigenvalue weighted by molar-refractivity contribution is -0.142. The van der Waals surface area contributed by atoms with Crippen LogP contribution in [0.3, 0.4) is 0 Å². The SMILES string of the molecule is O=C1CC(NCC2CCCOC2)C(=O)N1C1CCCCC1.